The predicted molar refractivity (Wildman–Crippen MR) is 113 cm³/mol. The predicted octanol–water partition coefficient (Wildman–Crippen LogP) is 0.315. The van der Waals surface area contributed by atoms with Gasteiger partial charge in [-0.3, -0.25) is 14.5 Å². The lowest BCUT2D eigenvalue weighted by Gasteiger charge is -2.30. The topological polar surface area (TPSA) is 173 Å². The number of pyridine rings is 1. The van der Waals surface area contributed by atoms with Gasteiger partial charge >= 0.3 is 17.9 Å². The number of carbonyl (C=O) groups excluding carboxylic acids is 1. The van der Waals surface area contributed by atoms with Gasteiger partial charge in [-0.05, 0) is 32.0 Å². The number of rotatable bonds is 12. The molecule has 0 aromatic carbocycles. The summed E-state index contributed by atoms with van der Waals surface area (Å²) < 4.78 is 5.84. The number of hydrogen-bond donors (Lipinski definition) is 3. The molecule has 0 amide bonds. The average Bonchev–Trinajstić information content (AvgIpc) is 2.73. The molecule has 1 aromatic rings. The summed E-state index contributed by atoms with van der Waals surface area (Å²) in [6, 6.07) is 3.02. The van der Waals surface area contributed by atoms with Crippen molar-refractivity contribution in [3.8, 4) is 0 Å². The van der Waals surface area contributed by atoms with E-state index in [-0.39, 0.29) is 18.3 Å². The summed E-state index contributed by atoms with van der Waals surface area (Å²) in [5.41, 5.74) is -2.50. The smallest absolute Gasteiger partial charge is 0.336 e. The van der Waals surface area contributed by atoms with Crippen LogP contribution in [0.3, 0.4) is 0 Å². The number of aliphatic hydroxyl groups is 1. The second-order valence-corrected chi connectivity index (χ2v) is 8.05. The van der Waals surface area contributed by atoms with E-state index < -0.39 is 42.5 Å². The molecule has 0 radical (unpaired) electrons. The maximum absolute atomic E-state index is 12.3. The number of halogens is 1. The fraction of sp³-hybridized carbons (Fsp3) is 0.550. The molecule has 182 valence electrons. The van der Waals surface area contributed by atoms with Gasteiger partial charge in [0.25, 0.3) is 0 Å². The molecule has 0 saturated carbocycles. The number of carbonyl (C=O) groups is 3. The Morgan fingerprint density at radius 1 is 1.24 bits per heavy atom. The number of esters is 1. The van der Waals surface area contributed by atoms with Gasteiger partial charge in [0.1, 0.15) is 0 Å². The van der Waals surface area contributed by atoms with Gasteiger partial charge < -0.3 is 30.1 Å². The quantitative estimate of drug-likeness (QED) is 0.122. The van der Waals surface area contributed by atoms with Crippen molar-refractivity contribution in [2.45, 2.75) is 43.8 Å². The number of nitrogens with zero attached hydrogens (tertiary/aromatic N) is 3. The highest BCUT2D eigenvalue weighted by atomic mass is 35.5. The Morgan fingerprint density at radius 2 is 1.94 bits per heavy atom. The second kappa shape index (κ2) is 12.3. The number of likely N-dealkylation sites (tertiary alicyclic amines) is 1. The maximum Gasteiger partial charge on any atom is 0.336 e. The fourth-order valence-electron chi connectivity index (χ4n) is 3.29. The number of oxime groups is 1. The molecule has 1 aromatic heterocycles. The summed E-state index contributed by atoms with van der Waals surface area (Å²) in [5, 5.41) is 43.0. The third-order valence-electron chi connectivity index (χ3n) is 4.91. The Kier molecular flexibility index (Phi) is 9.82. The molecule has 2 rings (SSSR count). The number of ether oxygens (including phenoxy) is 1. The Balaban J connectivity index is 2.04. The van der Waals surface area contributed by atoms with E-state index in [4.69, 9.17) is 31.4 Å². The first-order valence-electron chi connectivity index (χ1n) is 10.2. The molecule has 33 heavy (non-hydrogen) atoms. The van der Waals surface area contributed by atoms with Crippen LogP contribution in [0.2, 0.25) is 0 Å². The summed E-state index contributed by atoms with van der Waals surface area (Å²) in [6.07, 6.45) is 2.35. The first-order chi connectivity index (χ1) is 15.6. The van der Waals surface area contributed by atoms with Crippen LogP contribution in [0.1, 0.15) is 37.7 Å². The molecule has 2 atom stereocenters. The summed E-state index contributed by atoms with van der Waals surface area (Å²) in [6.45, 7) is 1.55. The van der Waals surface area contributed by atoms with E-state index >= 15 is 0 Å². The van der Waals surface area contributed by atoms with Crippen molar-refractivity contribution in [1.29, 1.82) is 0 Å². The van der Waals surface area contributed by atoms with Crippen LogP contribution in [0.5, 0.6) is 0 Å². The molecular formula is C20H26ClN3O9. The number of aromatic nitrogens is 1. The van der Waals surface area contributed by atoms with Crippen molar-refractivity contribution in [3.05, 3.63) is 35.3 Å². The van der Waals surface area contributed by atoms with Gasteiger partial charge in [0.05, 0.1) is 18.4 Å². The monoisotopic (exact) mass is 487 g/mol. The minimum absolute atomic E-state index is 0.107. The zero-order chi connectivity index (χ0) is 24.4. The molecule has 1 fully saturated rings. The molecule has 13 heteroatoms. The maximum atomic E-state index is 12.3. The number of aliphatic carboxylic acids is 2. The summed E-state index contributed by atoms with van der Waals surface area (Å²) in [4.78, 5) is 41.7. The molecule has 1 saturated heterocycles. The highest BCUT2D eigenvalue weighted by Gasteiger charge is 2.42. The molecular weight excluding hydrogens is 462 g/mol. The first kappa shape index (κ1) is 26.3. The first-order valence-corrected chi connectivity index (χ1v) is 10.6. The van der Waals surface area contributed by atoms with Gasteiger partial charge in [-0.1, -0.05) is 23.2 Å². The van der Waals surface area contributed by atoms with Crippen LogP contribution in [0, 0.1) is 5.21 Å². The van der Waals surface area contributed by atoms with Gasteiger partial charge in [-0.2, -0.15) is 4.73 Å². The van der Waals surface area contributed by atoms with E-state index in [1.807, 2.05) is 4.90 Å². The van der Waals surface area contributed by atoms with Crippen LogP contribution < -0.4 is 4.73 Å². The number of carboxylic acid groups (broad SMARTS) is 2. The molecule has 3 N–H and O–H groups in total. The van der Waals surface area contributed by atoms with Crippen molar-refractivity contribution in [2.75, 3.05) is 26.2 Å². The van der Waals surface area contributed by atoms with Gasteiger partial charge in [0.15, 0.2) is 35.9 Å². The van der Waals surface area contributed by atoms with E-state index in [1.165, 1.54) is 18.5 Å². The van der Waals surface area contributed by atoms with Crippen molar-refractivity contribution in [3.63, 3.8) is 0 Å². The lowest BCUT2D eigenvalue weighted by atomic mass is 9.96. The van der Waals surface area contributed by atoms with E-state index in [9.17, 15) is 24.7 Å². The zero-order valence-electron chi connectivity index (χ0n) is 17.8. The molecule has 0 bridgehead atoms. The van der Waals surface area contributed by atoms with Gasteiger partial charge in [0.2, 0.25) is 0 Å². The van der Waals surface area contributed by atoms with E-state index in [1.54, 1.807) is 6.07 Å². The summed E-state index contributed by atoms with van der Waals surface area (Å²) >= 11 is 6.03. The highest BCUT2D eigenvalue weighted by Crippen LogP contribution is 2.18. The minimum atomic E-state index is -2.80. The Morgan fingerprint density at radius 3 is 2.55 bits per heavy atom. The Labute approximate surface area is 194 Å². The number of piperidine rings is 1. The van der Waals surface area contributed by atoms with E-state index in [0.717, 1.165) is 32.4 Å². The fourth-order valence-corrected chi connectivity index (χ4v) is 3.45. The molecule has 1 aliphatic rings. The largest absolute Gasteiger partial charge is 0.619 e. The van der Waals surface area contributed by atoms with Crippen LogP contribution in [-0.2, 0) is 24.0 Å². The van der Waals surface area contributed by atoms with Crippen molar-refractivity contribution in [2.24, 2.45) is 5.16 Å². The van der Waals surface area contributed by atoms with Crippen LogP contribution in [0.4, 0.5) is 0 Å². The Bertz CT molecular complexity index is 876. The molecule has 12 nitrogen and oxygen atoms in total. The third-order valence-corrected chi connectivity index (χ3v) is 5.19. The standard InChI is InChI=1S/C20H26ClN3O9/c21-18(14-5-4-8-24(31)11-14)22-32-13-15(12-23-6-2-1-3-7-23)33-17(27)10-20(30,19(28)29)9-16(25)26/h4-5,8,11,15,30H,1-3,6-7,9-10,12-13H2,(H,25,26)(H,28,29)/t15-,20?/m0/s1. The summed E-state index contributed by atoms with van der Waals surface area (Å²) in [7, 11) is 0. The molecule has 0 spiro atoms. The zero-order valence-corrected chi connectivity index (χ0v) is 18.5. The van der Waals surface area contributed by atoms with Gasteiger partial charge in [0, 0.05) is 12.6 Å². The molecule has 0 aliphatic carbocycles. The Hall–Kier alpha value is -2.96. The van der Waals surface area contributed by atoms with Gasteiger partial charge in [-0.25, -0.2) is 4.79 Å². The molecule has 2 heterocycles. The van der Waals surface area contributed by atoms with E-state index in [0.29, 0.717) is 10.3 Å². The lowest BCUT2D eigenvalue weighted by Crippen LogP contribution is -2.45. The van der Waals surface area contributed by atoms with Crippen molar-refractivity contribution >= 4 is 34.7 Å². The van der Waals surface area contributed by atoms with Crippen LogP contribution in [0.15, 0.2) is 29.7 Å². The highest BCUT2D eigenvalue weighted by molar-refractivity contribution is 6.69. The minimum Gasteiger partial charge on any atom is -0.619 e. The second-order valence-electron chi connectivity index (χ2n) is 7.69. The summed E-state index contributed by atoms with van der Waals surface area (Å²) in [5.74, 6) is -4.52. The molecule has 1 aliphatic heterocycles. The van der Waals surface area contributed by atoms with Crippen LogP contribution in [0.25, 0.3) is 0 Å². The average molecular weight is 488 g/mol. The van der Waals surface area contributed by atoms with Crippen molar-refractivity contribution < 1.29 is 44.0 Å². The normalized spacial score (nSPS) is 17.6. The van der Waals surface area contributed by atoms with Crippen LogP contribution >= 0.6 is 11.6 Å². The van der Waals surface area contributed by atoms with Gasteiger partial charge in [-0.15, -0.1) is 0 Å². The third kappa shape index (κ3) is 8.83. The number of hydrogen-bond acceptors (Lipinski definition) is 9. The lowest BCUT2D eigenvalue weighted by molar-refractivity contribution is -0.605. The van der Waals surface area contributed by atoms with Crippen molar-refractivity contribution in [1.82, 2.24) is 4.90 Å². The van der Waals surface area contributed by atoms with Crippen LogP contribution in [-0.4, -0.2) is 81.2 Å². The SMILES string of the molecule is O=C(O)CC(O)(CC(=O)O[C@H](CON=C(Cl)c1ccc[n+]([O-])c1)CN1CCCCC1)C(=O)O. The van der Waals surface area contributed by atoms with E-state index in [2.05, 4.69) is 5.16 Å². The number of carboxylic acids is 2. The molecule has 1 unspecified atom stereocenters.